The molecule has 26 heavy (non-hydrogen) atoms. The Kier molecular flexibility index (Phi) is 5.54. The van der Waals surface area contributed by atoms with Crippen LogP contribution in [0.4, 0.5) is 11.4 Å². The third-order valence-electron chi connectivity index (χ3n) is 3.94. The van der Waals surface area contributed by atoms with Gasteiger partial charge in [0.25, 0.3) is 5.91 Å². The SMILES string of the molecule is CNC(=O)[C@@H]1CN(CC(=O)Nc2ccc(Cl)c(Cl)c2)c2ccccc2O1. The summed E-state index contributed by atoms with van der Waals surface area (Å²) >= 11 is 11.9. The molecule has 1 atom stereocenters. The number of halogens is 2. The third kappa shape index (κ3) is 4.03. The molecule has 0 radical (unpaired) electrons. The summed E-state index contributed by atoms with van der Waals surface area (Å²) < 4.78 is 5.73. The first-order valence-electron chi connectivity index (χ1n) is 7.95. The molecule has 3 rings (SSSR count). The van der Waals surface area contributed by atoms with Crippen molar-refractivity contribution in [3.8, 4) is 5.75 Å². The quantitative estimate of drug-likeness (QED) is 0.837. The number of amides is 2. The van der Waals surface area contributed by atoms with Crippen molar-refractivity contribution in [2.75, 3.05) is 30.4 Å². The number of rotatable bonds is 4. The van der Waals surface area contributed by atoms with E-state index < -0.39 is 6.10 Å². The molecule has 0 bridgehead atoms. The Morgan fingerprint density at radius 3 is 2.69 bits per heavy atom. The molecule has 2 aromatic rings. The molecular formula is C18H17Cl2N3O3. The smallest absolute Gasteiger partial charge is 0.262 e. The fourth-order valence-corrected chi connectivity index (χ4v) is 3.00. The number of carbonyl (C=O) groups is 2. The van der Waals surface area contributed by atoms with Crippen molar-refractivity contribution in [2.45, 2.75) is 6.10 Å². The average molecular weight is 394 g/mol. The van der Waals surface area contributed by atoms with E-state index in [1.165, 1.54) is 0 Å². The molecule has 0 saturated heterocycles. The van der Waals surface area contributed by atoms with Crippen LogP contribution in [0.3, 0.4) is 0 Å². The highest BCUT2D eigenvalue weighted by atomic mass is 35.5. The molecule has 1 heterocycles. The minimum atomic E-state index is -0.687. The van der Waals surface area contributed by atoms with Gasteiger partial charge in [-0.05, 0) is 30.3 Å². The summed E-state index contributed by atoms with van der Waals surface area (Å²) in [6.45, 7) is 0.333. The van der Waals surface area contributed by atoms with E-state index >= 15 is 0 Å². The Morgan fingerprint density at radius 2 is 1.96 bits per heavy atom. The summed E-state index contributed by atoms with van der Waals surface area (Å²) in [5, 5.41) is 6.13. The number of nitrogens with one attached hydrogen (secondary N) is 2. The zero-order valence-corrected chi connectivity index (χ0v) is 15.5. The van der Waals surface area contributed by atoms with Crippen molar-refractivity contribution in [1.82, 2.24) is 5.32 Å². The standard InChI is InChI=1S/C18H17Cl2N3O3/c1-21-18(25)16-9-23(14-4-2-3-5-15(14)26-16)10-17(24)22-11-6-7-12(19)13(20)8-11/h2-8,16H,9-10H2,1H3,(H,21,25)(H,22,24)/t16-/m0/s1. The summed E-state index contributed by atoms with van der Waals surface area (Å²) in [5.41, 5.74) is 1.31. The molecule has 136 valence electrons. The lowest BCUT2D eigenvalue weighted by molar-refractivity contribution is -0.127. The van der Waals surface area contributed by atoms with Crippen LogP contribution in [0.25, 0.3) is 0 Å². The number of ether oxygens (including phenoxy) is 1. The molecule has 1 aliphatic rings. The van der Waals surface area contributed by atoms with Crippen molar-refractivity contribution < 1.29 is 14.3 Å². The summed E-state index contributed by atoms with van der Waals surface area (Å²) in [4.78, 5) is 26.3. The first-order valence-corrected chi connectivity index (χ1v) is 8.70. The lowest BCUT2D eigenvalue weighted by Gasteiger charge is -2.35. The Balaban J connectivity index is 1.75. The van der Waals surface area contributed by atoms with Crippen LogP contribution in [0.15, 0.2) is 42.5 Å². The first-order chi connectivity index (χ1) is 12.5. The van der Waals surface area contributed by atoms with Gasteiger partial charge >= 0.3 is 0 Å². The zero-order chi connectivity index (χ0) is 18.7. The number of benzene rings is 2. The van der Waals surface area contributed by atoms with Crippen molar-refractivity contribution in [1.29, 1.82) is 0 Å². The third-order valence-corrected chi connectivity index (χ3v) is 4.68. The lowest BCUT2D eigenvalue weighted by atomic mass is 10.1. The normalized spacial score (nSPS) is 15.7. The van der Waals surface area contributed by atoms with E-state index in [1.807, 2.05) is 23.1 Å². The molecule has 0 fully saturated rings. The van der Waals surface area contributed by atoms with Gasteiger partial charge in [0.05, 0.1) is 28.8 Å². The molecule has 2 N–H and O–H groups in total. The topological polar surface area (TPSA) is 70.7 Å². The summed E-state index contributed by atoms with van der Waals surface area (Å²) in [6.07, 6.45) is -0.687. The first kappa shape index (κ1) is 18.4. The van der Waals surface area contributed by atoms with Crippen LogP contribution in [-0.2, 0) is 9.59 Å². The predicted molar refractivity (Wildman–Crippen MR) is 102 cm³/mol. The van der Waals surface area contributed by atoms with Crippen molar-refractivity contribution in [2.24, 2.45) is 0 Å². The molecule has 2 aromatic carbocycles. The fourth-order valence-electron chi connectivity index (χ4n) is 2.70. The van der Waals surface area contributed by atoms with Crippen LogP contribution in [0.1, 0.15) is 0 Å². The van der Waals surface area contributed by atoms with Crippen LogP contribution in [-0.4, -0.2) is 38.1 Å². The molecule has 6 nitrogen and oxygen atoms in total. The maximum Gasteiger partial charge on any atom is 0.262 e. The van der Waals surface area contributed by atoms with Gasteiger partial charge in [-0.15, -0.1) is 0 Å². The predicted octanol–water partition coefficient (Wildman–Crippen LogP) is 2.95. The summed E-state index contributed by atoms with van der Waals surface area (Å²) in [6, 6.07) is 12.2. The Labute approximate surface area is 161 Å². The number of carbonyl (C=O) groups excluding carboxylic acids is 2. The van der Waals surface area contributed by atoms with Gasteiger partial charge in [0, 0.05) is 12.7 Å². The van der Waals surface area contributed by atoms with E-state index in [0.29, 0.717) is 21.5 Å². The molecular weight excluding hydrogens is 377 g/mol. The maximum absolute atomic E-state index is 12.5. The molecule has 0 aliphatic carbocycles. The second-order valence-corrected chi connectivity index (χ2v) is 6.56. The monoisotopic (exact) mass is 393 g/mol. The lowest BCUT2D eigenvalue weighted by Crippen LogP contribution is -2.50. The molecule has 0 aromatic heterocycles. The number of para-hydroxylation sites is 2. The number of nitrogens with zero attached hydrogens (tertiary/aromatic N) is 1. The minimum Gasteiger partial charge on any atom is -0.477 e. The van der Waals surface area contributed by atoms with Crippen molar-refractivity contribution in [3.05, 3.63) is 52.5 Å². The number of likely N-dealkylation sites (N-methyl/N-ethyl adjacent to an activating group) is 1. The zero-order valence-electron chi connectivity index (χ0n) is 14.0. The van der Waals surface area contributed by atoms with E-state index in [9.17, 15) is 9.59 Å². The second-order valence-electron chi connectivity index (χ2n) is 5.75. The van der Waals surface area contributed by atoms with Gasteiger partial charge in [-0.25, -0.2) is 0 Å². The number of anilines is 2. The van der Waals surface area contributed by atoms with Gasteiger partial charge in [0.15, 0.2) is 6.10 Å². The van der Waals surface area contributed by atoms with Crippen LogP contribution in [0.5, 0.6) is 5.75 Å². The number of fused-ring (bicyclic) bond motifs is 1. The molecule has 0 saturated carbocycles. The maximum atomic E-state index is 12.5. The number of hydrogen-bond donors (Lipinski definition) is 2. The molecule has 0 spiro atoms. The average Bonchev–Trinajstić information content (AvgIpc) is 2.64. The van der Waals surface area contributed by atoms with E-state index in [0.717, 1.165) is 5.69 Å². The van der Waals surface area contributed by atoms with E-state index in [1.54, 1.807) is 31.3 Å². The van der Waals surface area contributed by atoms with Crippen molar-refractivity contribution in [3.63, 3.8) is 0 Å². The Morgan fingerprint density at radius 1 is 1.19 bits per heavy atom. The Hall–Kier alpha value is -2.44. The van der Waals surface area contributed by atoms with Crippen LogP contribution in [0.2, 0.25) is 10.0 Å². The number of hydrogen-bond acceptors (Lipinski definition) is 4. The second kappa shape index (κ2) is 7.85. The highest BCUT2D eigenvalue weighted by Crippen LogP contribution is 2.33. The van der Waals surface area contributed by atoms with E-state index in [4.69, 9.17) is 27.9 Å². The minimum absolute atomic E-state index is 0.0636. The molecule has 0 unspecified atom stereocenters. The summed E-state index contributed by atoms with van der Waals surface area (Å²) in [7, 11) is 1.55. The van der Waals surface area contributed by atoms with Crippen LogP contribution >= 0.6 is 23.2 Å². The highest BCUT2D eigenvalue weighted by molar-refractivity contribution is 6.42. The summed E-state index contributed by atoms with van der Waals surface area (Å²) in [5.74, 6) is 0.0832. The molecule has 1 aliphatic heterocycles. The van der Waals surface area contributed by atoms with Crippen molar-refractivity contribution >= 4 is 46.4 Å². The van der Waals surface area contributed by atoms with Gasteiger partial charge in [0.1, 0.15) is 5.75 Å². The molecule has 8 heteroatoms. The van der Waals surface area contributed by atoms with Crippen LogP contribution in [0, 0.1) is 0 Å². The van der Waals surface area contributed by atoms with Gasteiger partial charge in [-0.3, -0.25) is 9.59 Å². The fraction of sp³-hybridized carbons (Fsp3) is 0.222. The van der Waals surface area contributed by atoms with Gasteiger partial charge in [-0.1, -0.05) is 35.3 Å². The molecule has 2 amide bonds. The van der Waals surface area contributed by atoms with Crippen LogP contribution < -0.4 is 20.3 Å². The van der Waals surface area contributed by atoms with E-state index in [-0.39, 0.29) is 24.9 Å². The van der Waals surface area contributed by atoms with Gasteiger partial charge < -0.3 is 20.3 Å². The van der Waals surface area contributed by atoms with Gasteiger partial charge in [0.2, 0.25) is 5.91 Å². The van der Waals surface area contributed by atoms with E-state index in [2.05, 4.69) is 10.6 Å². The highest BCUT2D eigenvalue weighted by Gasteiger charge is 2.30. The largest absolute Gasteiger partial charge is 0.477 e. The Bertz CT molecular complexity index is 844. The van der Waals surface area contributed by atoms with Gasteiger partial charge in [-0.2, -0.15) is 0 Å².